The maximum Gasteiger partial charge on any atom is 0.326 e. The summed E-state index contributed by atoms with van der Waals surface area (Å²) < 4.78 is 13.1. The van der Waals surface area contributed by atoms with Crippen LogP contribution in [-0.4, -0.2) is 17.1 Å². The molecule has 18 heavy (non-hydrogen) atoms. The lowest BCUT2D eigenvalue weighted by molar-refractivity contribution is -0.139. The van der Waals surface area contributed by atoms with Gasteiger partial charge in [-0.3, -0.25) is 0 Å². The Balaban J connectivity index is 2.08. The average molecular weight is 251 g/mol. The van der Waals surface area contributed by atoms with E-state index in [0.717, 1.165) is 25.7 Å². The number of nitrogens with one attached hydrogen (secondary N) is 1. The van der Waals surface area contributed by atoms with E-state index in [9.17, 15) is 14.3 Å². The first-order valence-corrected chi connectivity index (χ1v) is 6.42. The maximum atomic E-state index is 13.1. The molecule has 2 N–H and O–H groups in total. The molecule has 2 rings (SSSR count). The highest BCUT2D eigenvalue weighted by molar-refractivity contribution is 5.77. The van der Waals surface area contributed by atoms with Crippen LogP contribution in [0.3, 0.4) is 0 Å². The van der Waals surface area contributed by atoms with Gasteiger partial charge in [-0.25, -0.2) is 9.18 Å². The van der Waals surface area contributed by atoms with Gasteiger partial charge < -0.3 is 10.4 Å². The van der Waals surface area contributed by atoms with Crippen molar-refractivity contribution >= 4 is 11.7 Å². The van der Waals surface area contributed by atoms with Crippen LogP contribution in [0.1, 0.15) is 32.1 Å². The number of carboxylic acids is 1. The molecule has 3 nitrogen and oxygen atoms in total. The number of anilines is 1. The molecule has 1 atom stereocenters. The molecular formula is C14H18FNO2. The number of hydrogen-bond acceptors (Lipinski definition) is 2. The standard InChI is InChI=1S/C14H18FNO2/c15-11-7-4-8-12(9-11)16-13(14(17)18)10-5-2-1-3-6-10/h4,7-10,13,16H,1-3,5-6H2,(H,17,18). The van der Waals surface area contributed by atoms with Crippen molar-refractivity contribution in [2.45, 2.75) is 38.1 Å². The number of hydrogen-bond donors (Lipinski definition) is 2. The SMILES string of the molecule is O=C(O)C(Nc1cccc(F)c1)C1CCCCC1. The predicted octanol–water partition coefficient (Wildman–Crippen LogP) is 3.27. The quantitative estimate of drug-likeness (QED) is 0.863. The first-order valence-electron chi connectivity index (χ1n) is 6.42. The summed E-state index contributed by atoms with van der Waals surface area (Å²) in [5, 5.41) is 12.2. The third-order valence-electron chi connectivity index (χ3n) is 3.53. The largest absolute Gasteiger partial charge is 0.480 e. The second-order valence-electron chi connectivity index (χ2n) is 4.87. The van der Waals surface area contributed by atoms with Crippen molar-refractivity contribution in [2.24, 2.45) is 5.92 Å². The Hall–Kier alpha value is -1.58. The van der Waals surface area contributed by atoms with E-state index in [1.165, 1.54) is 18.6 Å². The van der Waals surface area contributed by atoms with Crippen LogP contribution < -0.4 is 5.32 Å². The number of benzene rings is 1. The van der Waals surface area contributed by atoms with Crippen molar-refractivity contribution in [3.05, 3.63) is 30.1 Å². The van der Waals surface area contributed by atoms with Gasteiger partial charge in [0.1, 0.15) is 11.9 Å². The molecule has 1 aromatic rings. The zero-order valence-corrected chi connectivity index (χ0v) is 10.2. The Morgan fingerprint density at radius 1 is 1.33 bits per heavy atom. The molecule has 0 radical (unpaired) electrons. The molecule has 4 heteroatoms. The maximum absolute atomic E-state index is 13.1. The van der Waals surface area contributed by atoms with E-state index in [0.29, 0.717) is 5.69 Å². The molecule has 1 aromatic carbocycles. The number of rotatable bonds is 4. The van der Waals surface area contributed by atoms with Gasteiger partial charge in [0, 0.05) is 5.69 Å². The first kappa shape index (κ1) is 12.9. The normalized spacial score (nSPS) is 18.3. The second kappa shape index (κ2) is 5.85. The predicted molar refractivity (Wildman–Crippen MR) is 68.0 cm³/mol. The highest BCUT2D eigenvalue weighted by Crippen LogP contribution is 2.28. The molecular weight excluding hydrogens is 233 g/mol. The van der Waals surface area contributed by atoms with Gasteiger partial charge in [-0.2, -0.15) is 0 Å². The zero-order valence-electron chi connectivity index (χ0n) is 10.2. The summed E-state index contributed by atoms with van der Waals surface area (Å²) in [5.74, 6) is -1.07. The van der Waals surface area contributed by atoms with Crippen molar-refractivity contribution in [3.63, 3.8) is 0 Å². The van der Waals surface area contributed by atoms with E-state index in [1.54, 1.807) is 12.1 Å². The van der Waals surface area contributed by atoms with Crippen LogP contribution in [0, 0.1) is 11.7 Å². The summed E-state index contributed by atoms with van der Waals surface area (Å²) in [6.45, 7) is 0. The Morgan fingerprint density at radius 3 is 2.67 bits per heavy atom. The van der Waals surface area contributed by atoms with Gasteiger partial charge in [-0.1, -0.05) is 25.3 Å². The van der Waals surface area contributed by atoms with Crippen LogP contribution >= 0.6 is 0 Å². The molecule has 0 spiro atoms. The first-order chi connectivity index (χ1) is 8.66. The van der Waals surface area contributed by atoms with Crippen LogP contribution in [0.25, 0.3) is 0 Å². The van der Waals surface area contributed by atoms with Gasteiger partial charge in [0.25, 0.3) is 0 Å². The molecule has 98 valence electrons. The lowest BCUT2D eigenvalue weighted by Crippen LogP contribution is -2.38. The molecule has 0 amide bonds. The van der Waals surface area contributed by atoms with Crippen LogP contribution in [-0.2, 0) is 4.79 Å². The van der Waals surface area contributed by atoms with Gasteiger partial charge >= 0.3 is 5.97 Å². The van der Waals surface area contributed by atoms with Crippen molar-refractivity contribution in [1.29, 1.82) is 0 Å². The Bertz CT molecular complexity index is 416. The van der Waals surface area contributed by atoms with Gasteiger partial charge in [0.05, 0.1) is 0 Å². The van der Waals surface area contributed by atoms with E-state index in [-0.39, 0.29) is 11.7 Å². The summed E-state index contributed by atoms with van der Waals surface area (Å²) in [6.07, 6.45) is 5.21. The molecule has 0 heterocycles. The van der Waals surface area contributed by atoms with Crippen LogP contribution in [0.2, 0.25) is 0 Å². The van der Waals surface area contributed by atoms with Crippen LogP contribution in [0.5, 0.6) is 0 Å². The number of carbonyl (C=O) groups is 1. The van der Waals surface area contributed by atoms with Gasteiger partial charge in [-0.05, 0) is 37.0 Å². The third kappa shape index (κ3) is 3.22. The lowest BCUT2D eigenvalue weighted by atomic mass is 9.84. The number of halogens is 1. The molecule has 0 saturated heterocycles. The molecule has 1 saturated carbocycles. The fourth-order valence-electron chi connectivity index (χ4n) is 2.61. The summed E-state index contributed by atoms with van der Waals surface area (Å²) in [4.78, 5) is 11.3. The van der Waals surface area contributed by atoms with Gasteiger partial charge in [0.15, 0.2) is 0 Å². The lowest BCUT2D eigenvalue weighted by Gasteiger charge is -2.28. The fraction of sp³-hybridized carbons (Fsp3) is 0.500. The molecule has 0 bridgehead atoms. The topological polar surface area (TPSA) is 49.3 Å². The van der Waals surface area contributed by atoms with E-state index in [2.05, 4.69) is 5.32 Å². The summed E-state index contributed by atoms with van der Waals surface area (Å²) in [7, 11) is 0. The highest BCUT2D eigenvalue weighted by Gasteiger charge is 2.29. The minimum absolute atomic E-state index is 0.138. The van der Waals surface area contributed by atoms with Crippen molar-refractivity contribution in [3.8, 4) is 0 Å². The average Bonchev–Trinajstić information content (AvgIpc) is 2.37. The van der Waals surface area contributed by atoms with E-state index < -0.39 is 12.0 Å². The molecule has 1 fully saturated rings. The van der Waals surface area contributed by atoms with E-state index in [4.69, 9.17) is 0 Å². The van der Waals surface area contributed by atoms with Crippen molar-refractivity contribution in [1.82, 2.24) is 0 Å². The third-order valence-corrected chi connectivity index (χ3v) is 3.53. The van der Waals surface area contributed by atoms with Gasteiger partial charge in [-0.15, -0.1) is 0 Å². The molecule has 0 aromatic heterocycles. The number of aliphatic carboxylic acids is 1. The minimum Gasteiger partial charge on any atom is -0.480 e. The zero-order chi connectivity index (χ0) is 13.0. The minimum atomic E-state index is -0.855. The second-order valence-corrected chi connectivity index (χ2v) is 4.87. The molecule has 1 aliphatic carbocycles. The van der Waals surface area contributed by atoms with Crippen LogP contribution in [0.4, 0.5) is 10.1 Å². The molecule has 1 unspecified atom stereocenters. The summed E-state index contributed by atoms with van der Waals surface area (Å²) in [6, 6.07) is 5.34. The smallest absolute Gasteiger partial charge is 0.326 e. The summed E-state index contributed by atoms with van der Waals surface area (Å²) >= 11 is 0. The van der Waals surface area contributed by atoms with E-state index >= 15 is 0 Å². The Labute approximate surface area is 106 Å². The molecule has 0 aliphatic heterocycles. The Kier molecular flexibility index (Phi) is 4.18. The van der Waals surface area contributed by atoms with Crippen molar-refractivity contribution in [2.75, 3.05) is 5.32 Å². The van der Waals surface area contributed by atoms with Gasteiger partial charge in [0.2, 0.25) is 0 Å². The highest BCUT2D eigenvalue weighted by atomic mass is 19.1. The van der Waals surface area contributed by atoms with Crippen molar-refractivity contribution < 1.29 is 14.3 Å². The fourth-order valence-corrected chi connectivity index (χ4v) is 2.61. The number of carboxylic acid groups (broad SMARTS) is 1. The Morgan fingerprint density at radius 2 is 2.06 bits per heavy atom. The van der Waals surface area contributed by atoms with E-state index in [1.807, 2.05) is 0 Å². The summed E-state index contributed by atoms with van der Waals surface area (Å²) in [5.41, 5.74) is 0.535. The molecule has 1 aliphatic rings. The van der Waals surface area contributed by atoms with Crippen LogP contribution in [0.15, 0.2) is 24.3 Å². The monoisotopic (exact) mass is 251 g/mol.